The number of amides is 1. The van der Waals surface area contributed by atoms with Gasteiger partial charge in [0.15, 0.2) is 0 Å². The van der Waals surface area contributed by atoms with Crippen molar-refractivity contribution in [2.75, 3.05) is 5.32 Å². The van der Waals surface area contributed by atoms with Gasteiger partial charge in [0.25, 0.3) is 11.6 Å². The molecule has 0 spiro atoms. The Bertz CT molecular complexity index is 651. The van der Waals surface area contributed by atoms with Crippen LogP contribution in [0.2, 0.25) is 0 Å². The fraction of sp³-hybridized carbons (Fsp3) is 0.0833. The molecule has 0 saturated heterocycles. The Kier molecular flexibility index (Phi) is 3.66. The Morgan fingerprint density at radius 1 is 1.42 bits per heavy atom. The summed E-state index contributed by atoms with van der Waals surface area (Å²) >= 11 is 3.32. The van der Waals surface area contributed by atoms with Gasteiger partial charge in [-0.3, -0.25) is 14.9 Å². The zero-order valence-electron chi connectivity index (χ0n) is 9.94. The molecule has 2 rings (SSSR count). The number of rotatable bonds is 3. The van der Waals surface area contributed by atoms with Gasteiger partial charge < -0.3 is 10.3 Å². The van der Waals surface area contributed by atoms with Crippen LogP contribution >= 0.6 is 15.9 Å². The van der Waals surface area contributed by atoms with Gasteiger partial charge in [0.05, 0.1) is 11.1 Å². The first-order valence-electron chi connectivity index (χ1n) is 5.37. The van der Waals surface area contributed by atoms with Crippen molar-refractivity contribution in [1.82, 2.24) is 4.98 Å². The second kappa shape index (κ2) is 5.23. The van der Waals surface area contributed by atoms with Crippen LogP contribution in [0.3, 0.4) is 0 Å². The molecule has 1 heterocycles. The van der Waals surface area contributed by atoms with Crippen LogP contribution in [0.5, 0.6) is 0 Å². The highest BCUT2D eigenvalue weighted by atomic mass is 79.9. The van der Waals surface area contributed by atoms with Gasteiger partial charge >= 0.3 is 0 Å². The standard InChI is InChI=1S/C12H10BrN3O3/c1-7-2-3-8(13)4-10(7)15-12(17)11-5-9(6-14-11)16(18)19/h2-6,14H,1H3,(H,15,17). The zero-order chi connectivity index (χ0) is 14.0. The summed E-state index contributed by atoms with van der Waals surface area (Å²) < 4.78 is 0.839. The SMILES string of the molecule is Cc1ccc(Br)cc1NC(=O)c1cc([N+](=O)[O-])c[nH]1. The van der Waals surface area contributed by atoms with Crippen LogP contribution in [-0.4, -0.2) is 15.8 Å². The molecule has 1 aromatic carbocycles. The maximum absolute atomic E-state index is 11.9. The number of aryl methyl sites for hydroxylation is 1. The number of nitro groups is 1. The maximum Gasteiger partial charge on any atom is 0.287 e. The Morgan fingerprint density at radius 3 is 2.79 bits per heavy atom. The third-order valence-electron chi connectivity index (χ3n) is 2.57. The number of benzene rings is 1. The number of halogens is 1. The summed E-state index contributed by atoms with van der Waals surface area (Å²) in [5.74, 6) is -0.422. The molecule has 19 heavy (non-hydrogen) atoms. The number of nitrogens with zero attached hydrogens (tertiary/aromatic N) is 1. The Hall–Kier alpha value is -2.15. The minimum Gasteiger partial charge on any atom is -0.351 e. The quantitative estimate of drug-likeness (QED) is 0.671. The van der Waals surface area contributed by atoms with E-state index in [1.54, 1.807) is 6.07 Å². The Balaban J connectivity index is 2.20. The van der Waals surface area contributed by atoms with E-state index in [9.17, 15) is 14.9 Å². The zero-order valence-corrected chi connectivity index (χ0v) is 11.5. The molecule has 0 unspecified atom stereocenters. The number of hydrogen-bond donors (Lipinski definition) is 2. The van der Waals surface area contributed by atoms with Crippen molar-refractivity contribution in [3.05, 3.63) is 56.3 Å². The predicted octanol–water partition coefficient (Wildman–Crippen LogP) is 3.25. The van der Waals surface area contributed by atoms with E-state index in [2.05, 4.69) is 26.2 Å². The van der Waals surface area contributed by atoms with Crippen LogP contribution in [0.1, 0.15) is 16.1 Å². The number of aromatic nitrogens is 1. The molecular weight excluding hydrogens is 314 g/mol. The summed E-state index contributed by atoms with van der Waals surface area (Å²) in [6.07, 6.45) is 1.18. The molecular formula is C12H10BrN3O3. The van der Waals surface area contributed by atoms with Gasteiger partial charge in [0.1, 0.15) is 5.69 Å². The Morgan fingerprint density at radius 2 is 2.16 bits per heavy atom. The molecule has 0 fully saturated rings. The van der Waals surface area contributed by atoms with E-state index in [0.717, 1.165) is 10.0 Å². The van der Waals surface area contributed by atoms with Gasteiger partial charge in [-0.2, -0.15) is 0 Å². The van der Waals surface area contributed by atoms with Crippen LogP contribution in [0.4, 0.5) is 11.4 Å². The third kappa shape index (κ3) is 3.00. The molecule has 0 aliphatic heterocycles. The van der Waals surface area contributed by atoms with Crippen LogP contribution in [-0.2, 0) is 0 Å². The van der Waals surface area contributed by atoms with E-state index in [0.29, 0.717) is 5.69 Å². The van der Waals surface area contributed by atoms with Gasteiger partial charge in [-0.15, -0.1) is 0 Å². The summed E-state index contributed by atoms with van der Waals surface area (Å²) in [6.45, 7) is 1.86. The second-order valence-corrected chi connectivity index (χ2v) is 4.86. The van der Waals surface area contributed by atoms with E-state index in [1.165, 1.54) is 12.3 Å². The smallest absolute Gasteiger partial charge is 0.287 e. The van der Waals surface area contributed by atoms with Crippen molar-refractivity contribution in [3.63, 3.8) is 0 Å². The van der Waals surface area contributed by atoms with E-state index >= 15 is 0 Å². The van der Waals surface area contributed by atoms with Crippen LogP contribution in [0, 0.1) is 17.0 Å². The molecule has 98 valence electrons. The summed E-state index contributed by atoms with van der Waals surface area (Å²) in [4.78, 5) is 24.5. The predicted molar refractivity (Wildman–Crippen MR) is 74.3 cm³/mol. The van der Waals surface area contributed by atoms with Crippen molar-refractivity contribution in [1.29, 1.82) is 0 Å². The number of hydrogen-bond acceptors (Lipinski definition) is 3. The fourth-order valence-electron chi connectivity index (χ4n) is 1.54. The summed E-state index contributed by atoms with van der Waals surface area (Å²) in [7, 11) is 0. The topological polar surface area (TPSA) is 88.0 Å². The molecule has 1 amide bonds. The van der Waals surface area contributed by atoms with Gasteiger partial charge in [-0.1, -0.05) is 22.0 Å². The lowest BCUT2D eigenvalue weighted by atomic mass is 10.2. The minimum absolute atomic E-state index is 0.142. The average Bonchev–Trinajstić information content (AvgIpc) is 2.83. The fourth-order valence-corrected chi connectivity index (χ4v) is 1.90. The van der Waals surface area contributed by atoms with Gasteiger partial charge in [-0.05, 0) is 24.6 Å². The normalized spacial score (nSPS) is 10.2. The first-order valence-corrected chi connectivity index (χ1v) is 6.17. The number of aromatic amines is 1. The maximum atomic E-state index is 11.9. The van der Waals surface area contributed by atoms with Crippen molar-refractivity contribution in [3.8, 4) is 0 Å². The summed E-state index contributed by atoms with van der Waals surface area (Å²) in [5, 5.41) is 13.2. The monoisotopic (exact) mass is 323 g/mol. The number of H-pyrrole nitrogens is 1. The first kappa shape index (κ1) is 13.3. The van der Waals surface area contributed by atoms with Crippen molar-refractivity contribution >= 4 is 33.2 Å². The second-order valence-electron chi connectivity index (χ2n) is 3.94. The Labute approximate surface area is 117 Å². The molecule has 6 nitrogen and oxygen atoms in total. The summed E-state index contributed by atoms with van der Waals surface area (Å²) in [6, 6.07) is 6.69. The lowest BCUT2D eigenvalue weighted by molar-refractivity contribution is -0.384. The lowest BCUT2D eigenvalue weighted by Gasteiger charge is -2.07. The molecule has 2 N–H and O–H groups in total. The van der Waals surface area contributed by atoms with Gasteiger partial charge in [0, 0.05) is 16.2 Å². The number of anilines is 1. The molecule has 0 aliphatic carbocycles. The first-order chi connectivity index (χ1) is 8.97. The molecule has 0 bridgehead atoms. The van der Waals surface area contributed by atoms with Gasteiger partial charge in [0.2, 0.25) is 0 Å². The van der Waals surface area contributed by atoms with Crippen LogP contribution in [0.15, 0.2) is 34.9 Å². The number of carbonyl (C=O) groups excluding carboxylic acids is 1. The number of nitrogens with one attached hydrogen (secondary N) is 2. The molecule has 1 aromatic heterocycles. The van der Waals surface area contributed by atoms with E-state index < -0.39 is 10.8 Å². The molecule has 0 radical (unpaired) electrons. The van der Waals surface area contributed by atoms with E-state index in [4.69, 9.17) is 0 Å². The van der Waals surface area contributed by atoms with E-state index in [-0.39, 0.29) is 11.4 Å². The molecule has 7 heteroatoms. The lowest BCUT2D eigenvalue weighted by Crippen LogP contribution is -2.13. The third-order valence-corrected chi connectivity index (χ3v) is 3.06. The largest absolute Gasteiger partial charge is 0.351 e. The molecule has 0 atom stereocenters. The van der Waals surface area contributed by atoms with Crippen LogP contribution < -0.4 is 5.32 Å². The van der Waals surface area contributed by atoms with Crippen molar-refractivity contribution in [2.24, 2.45) is 0 Å². The van der Waals surface area contributed by atoms with Crippen molar-refractivity contribution < 1.29 is 9.72 Å². The highest BCUT2D eigenvalue weighted by molar-refractivity contribution is 9.10. The number of carbonyl (C=O) groups is 1. The summed E-state index contributed by atoms with van der Waals surface area (Å²) in [5.41, 5.74) is 1.55. The van der Waals surface area contributed by atoms with Gasteiger partial charge in [-0.25, -0.2) is 0 Å². The van der Waals surface area contributed by atoms with E-state index in [1.807, 2.05) is 19.1 Å². The molecule has 2 aromatic rings. The van der Waals surface area contributed by atoms with Crippen molar-refractivity contribution in [2.45, 2.75) is 6.92 Å². The molecule has 0 aliphatic rings. The highest BCUT2D eigenvalue weighted by Crippen LogP contribution is 2.21. The minimum atomic E-state index is -0.558. The van der Waals surface area contributed by atoms with Crippen LogP contribution in [0.25, 0.3) is 0 Å². The molecule has 0 saturated carbocycles. The average molecular weight is 324 g/mol. The highest BCUT2D eigenvalue weighted by Gasteiger charge is 2.15.